The van der Waals surface area contributed by atoms with E-state index in [1.807, 2.05) is 0 Å². The summed E-state index contributed by atoms with van der Waals surface area (Å²) in [6.07, 6.45) is 2.34. The van der Waals surface area contributed by atoms with Crippen LogP contribution in [0.25, 0.3) is 22.4 Å². The summed E-state index contributed by atoms with van der Waals surface area (Å²) in [7, 11) is 0. The highest BCUT2D eigenvalue weighted by atomic mass is 16.6. The molecule has 1 aliphatic rings. The van der Waals surface area contributed by atoms with Gasteiger partial charge in [-0.05, 0) is 46.9 Å². The zero-order valence-corrected chi connectivity index (χ0v) is 15.6. The second-order valence-electron chi connectivity index (χ2n) is 8.57. The van der Waals surface area contributed by atoms with E-state index in [-0.39, 0.29) is 21.4 Å². The fraction of sp³-hybridized carbons (Fsp3) is 0.381. The number of imidazole rings is 1. The number of non-ortho nitro benzene ring substituents is 1. The van der Waals surface area contributed by atoms with Crippen LogP contribution in [0.1, 0.15) is 51.7 Å². The van der Waals surface area contributed by atoms with Crippen LogP contribution in [0, 0.1) is 10.1 Å². The number of nitro benzene ring substituents is 1. The first-order valence-electron chi connectivity index (χ1n) is 8.97. The van der Waals surface area contributed by atoms with Crippen molar-refractivity contribution in [3.63, 3.8) is 0 Å². The van der Waals surface area contributed by atoms with Crippen LogP contribution in [0.15, 0.2) is 36.4 Å². The van der Waals surface area contributed by atoms with E-state index in [9.17, 15) is 10.1 Å². The quantitative estimate of drug-likeness (QED) is 0.491. The van der Waals surface area contributed by atoms with Gasteiger partial charge in [0.05, 0.1) is 16.0 Å². The summed E-state index contributed by atoms with van der Waals surface area (Å²) in [5.74, 6) is 0.752. The first kappa shape index (κ1) is 16.8. The van der Waals surface area contributed by atoms with Crippen molar-refractivity contribution in [3.8, 4) is 11.4 Å². The third-order valence-corrected chi connectivity index (χ3v) is 5.80. The Kier molecular flexibility index (Phi) is 3.48. The minimum Gasteiger partial charge on any atom is -0.338 e. The molecule has 2 aromatic carbocycles. The highest BCUT2D eigenvalue weighted by Crippen LogP contribution is 2.46. The van der Waals surface area contributed by atoms with Gasteiger partial charge in [0, 0.05) is 17.7 Å². The first-order valence-corrected chi connectivity index (χ1v) is 8.97. The van der Waals surface area contributed by atoms with E-state index >= 15 is 0 Å². The van der Waals surface area contributed by atoms with E-state index in [0.717, 1.165) is 23.3 Å². The molecular formula is C21H23N3O2. The zero-order chi connectivity index (χ0) is 18.7. The molecule has 0 spiro atoms. The van der Waals surface area contributed by atoms with E-state index in [1.165, 1.54) is 29.7 Å². The molecule has 0 bridgehead atoms. The number of nitro groups is 1. The average Bonchev–Trinajstić information content (AvgIpc) is 3.02. The molecule has 4 rings (SSSR count). The van der Waals surface area contributed by atoms with Crippen LogP contribution in [0.4, 0.5) is 5.69 Å². The Hall–Kier alpha value is -2.69. The van der Waals surface area contributed by atoms with Crippen LogP contribution in [0.5, 0.6) is 0 Å². The van der Waals surface area contributed by atoms with Crippen molar-refractivity contribution in [2.24, 2.45) is 0 Å². The van der Waals surface area contributed by atoms with Gasteiger partial charge in [-0.2, -0.15) is 0 Å². The van der Waals surface area contributed by atoms with E-state index in [2.05, 4.69) is 55.9 Å². The summed E-state index contributed by atoms with van der Waals surface area (Å²) in [5, 5.41) is 11.0. The van der Waals surface area contributed by atoms with Gasteiger partial charge in [0.1, 0.15) is 5.82 Å². The molecule has 1 aliphatic carbocycles. The molecular weight excluding hydrogens is 326 g/mol. The molecule has 0 aliphatic heterocycles. The molecule has 0 saturated carbocycles. The zero-order valence-electron chi connectivity index (χ0n) is 15.6. The molecule has 5 nitrogen and oxygen atoms in total. The van der Waals surface area contributed by atoms with Crippen LogP contribution in [0.2, 0.25) is 0 Å². The predicted molar refractivity (Wildman–Crippen MR) is 103 cm³/mol. The number of nitrogens with one attached hydrogen (secondary N) is 1. The number of rotatable bonds is 2. The van der Waals surface area contributed by atoms with Gasteiger partial charge in [0.25, 0.3) is 5.69 Å². The van der Waals surface area contributed by atoms with Crippen molar-refractivity contribution in [1.29, 1.82) is 0 Å². The van der Waals surface area contributed by atoms with Crippen molar-refractivity contribution in [2.45, 2.75) is 51.4 Å². The topological polar surface area (TPSA) is 71.8 Å². The van der Waals surface area contributed by atoms with Crippen LogP contribution in [-0.4, -0.2) is 14.9 Å². The summed E-state index contributed by atoms with van der Waals surface area (Å²) in [4.78, 5) is 18.5. The van der Waals surface area contributed by atoms with Gasteiger partial charge in [-0.1, -0.05) is 39.8 Å². The highest BCUT2D eigenvalue weighted by molar-refractivity contribution is 5.81. The van der Waals surface area contributed by atoms with E-state index < -0.39 is 0 Å². The lowest BCUT2D eigenvalue weighted by Crippen LogP contribution is -2.33. The fourth-order valence-electron chi connectivity index (χ4n) is 3.98. The Balaban J connectivity index is 1.84. The number of benzene rings is 2. The minimum absolute atomic E-state index is 0.0704. The Bertz CT molecular complexity index is 1030. The lowest BCUT2D eigenvalue weighted by Gasteiger charge is -2.42. The maximum absolute atomic E-state index is 11.0. The normalized spacial score (nSPS) is 17.8. The number of H-pyrrole nitrogens is 1. The second-order valence-corrected chi connectivity index (χ2v) is 8.57. The maximum Gasteiger partial charge on any atom is 0.271 e. The SMILES string of the molecule is CC1(C)CCC(C)(C)c2cc(-c3nc4ccc([N+](=O)[O-])cc4[nH]3)ccc21. The van der Waals surface area contributed by atoms with Crippen LogP contribution in [0.3, 0.4) is 0 Å². The second kappa shape index (κ2) is 5.40. The van der Waals surface area contributed by atoms with Crippen molar-refractivity contribution in [2.75, 3.05) is 0 Å². The number of hydrogen-bond acceptors (Lipinski definition) is 3. The number of fused-ring (bicyclic) bond motifs is 2. The molecule has 0 unspecified atom stereocenters. The van der Waals surface area contributed by atoms with Crippen LogP contribution >= 0.6 is 0 Å². The molecule has 1 heterocycles. The highest BCUT2D eigenvalue weighted by Gasteiger charge is 2.37. The Labute approximate surface area is 152 Å². The lowest BCUT2D eigenvalue weighted by molar-refractivity contribution is -0.384. The molecule has 1 N–H and O–H groups in total. The summed E-state index contributed by atoms with van der Waals surface area (Å²) in [5.41, 5.74) is 5.61. The van der Waals surface area contributed by atoms with Gasteiger partial charge >= 0.3 is 0 Å². The van der Waals surface area contributed by atoms with Gasteiger partial charge < -0.3 is 4.98 Å². The smallest absolute Gasteiger partial charge is 0.271 e. The van der Waals surface area contributed by atoms with E-state index in [4.69, 9.17) is 0 Å². The van der Waals surface area contributed by atoms with Gasteiger partial charge in [0.15, 0.2) is 0 Å². The average molecular weight is 349 g/mol. The Morgan fingerprint density at radius 2 is 1.69 bits per heavy atom. The van der Waals surface area contributed by atoms with Crippen molar-refractivity contribution >= 4 is 16.7 Å². The monoisotopic (exact) mass is 349 g/mol. The fourth-order valence-corrected chi connectivity index (χ4v) is 3.98. The van der Waals surface area contributed by atoms with Crippen molar-refractivity contribution < 1.29 is 4.92 Å². The van der Waals surface area contributed by atoms with Crippen LogP contribution in [-0.2, 0) is 10.8 Å². The van der Waals surface area contributed by atoms with Crippen molar-refractivity contribution in [3.05, 3.63) is 57.6 Å². The molecule has 5 heteroatoms. The molecule has 0 fully saturated rings. The standard InChI is InChI=1S/C21H23N3O2/c1-20(2)9-10-21(3,4)16-11-13(5-7-15(16)20)19-22-17-8-6-14(24(25)26)12-18(17)23-19/h5-8,11-12H,9-10H2,1-4H3,(H,22,23). The summed E-state index contributed by atoms with van der Waals surface area (Å²) >= 11 is 0. The summed E-state index contributed by atoms with van der Waals surface area (Å²) < 4.78 is 0. The minimum atomic E-state index is -0.385. The predicted octanol–water partition coefficient (Wildman–Crippen LogP) is 5.49. The lowest BCUT2D eigenvalue weighted by atomic mass is 9.63. The van der Waals surface area contributed by atoms with Gasteiger partial charge in [0.2, 0.25) is 0 Å². The summed E-state index contributed by atoms with van der Waals surface area (Å²) in [6, 6.07) is 11.3. The number of aromatic amines is 1. The third kappa shape index (κ3) is 2.59. The molecule has 1 aromatic heterocycles. The van der Waals surface area contributed by atoms with E-state index in [0.29, 0.717) is 5.52 Å². The summed E-state index contributed by atoms with van der Waals surface area (Å²) in [6.45, 7) is 9.21. The Morgan fingerprint density at radius 3 is 2.38 bits per heavy atom. The van der Waals surface area contributed by atoms with Gasteiger partial charge in [-0.3, -0.25) is 10.1 Å². The van der Waals surface area contributed by atoms with Crippen molar-refractivity contribution in [1.82, 2.24) is 9.97 Å². The Morgan fingerprint density at radius 1 is 1.00 bits per heavy atom. The molecule has 3 aromatic rings. The molecule has 0 saturated heterocycles. The molecule has 134 valence electrons. The van der Waals surface area contributed by atoms with Gasteiger partial charge in [-0.15, -0.1) is 0 Å². The number of hydrogen-bond donors (Lipinski definition) is 1. The third-order valence-electron chi connectivity index (χ3n) is 5.80. The van der Waals surface area contributed by atoms with Gasteiger partial charge in [-0.25, -0.2) is 4.98 Å². The first-order chi connectivity index (χ1) is 12.2. The van der Waals surface area contributed by atoms with E-state index in [1.54, 1.807) is 6.07 Å². The van der Waals surface area contributed by atoms with Crippen LogP contribution < -0.4 is 0 Å². The molecule has 26 heavy (non-hydrogen) atoms. The molecule has 0 amide bonds. The largest absolute Gasteiger partial charge is 0.338 e. The molecule has 0 radical (unpaired) electrons. The maximum atomic E-state index is 11.0. The molecule has 0 atom stereocenters. The number of aromatic nitrogens is 2. The number of nitrogens with zero attached hydrogens (tertiary/aromatic N) is 2.